The Hall–Kier alpha value is -3.81. The number of amides is 2. The van der Waals surface area contributed by atoms with Crippen molar-refractivity contribution in [3.8, 4) is 11.5 Å². The maximum absolute atomic E-state index is 12.5. The van der Waals surface area contributed by atoms with Gasteiger partial charge in [0.25, 0.3) is 11.8 Å². The number of rotatable bonds is 9. The first-order valence-electron chi connectivity index (χ1n) is 10.1. The number of hydrogen-bond acceptors (Lipinski definition) is 6. The number of nitrogens with zero attached hydrogens (tertiary/aromatic N) is 1. The molecule has 8 nitrogen and oxygen atoms in total. The fourth-order valence-corrected chi connectivity index (χ4v) is 3.53. The zero-order valence-corrected chi connectivity index (χ0v) is 18.3. The summed E-state index contributed by atoms with van der Waals surface area (Å²) in [5, 5.41) is 2.77. The second kappa shape index (κ2) is 10.00. The molecule has 1 N–H and O–H groups in total. The molecule has 1 atom stereocenters. The second-order valence-electron chi connectivity index (χ2n) is 7.26. The van der Waals surface area contributed by atoms with Crippen molar-refractivity contribution in [1.82, 2.24) is 10.2 Å². The Morgan fingerprint density at radius 1 is 1.09 bits per heavy atom. The summed E-state index contributed by atoms with van der Waals surface area (Å²) in [6.07, 6.45) is -0.0503. The molecule has 2 amide bonds. The van der Waals surface area contributed by atoms with E-state index in [0.717, 1.165) is 11.1 Å². The fourth-order valence-electron chi connectivity index (χ4n) is 3.53. The summed E-state index contributed by atoms with van der Waals surface area (Å²) in [7, 11) is 3.10. The predicted molar refractivity (Wildman–Crippen MR) is 118 cm³/mol. The average Bonchev–Trinajstić information content (AvgIpc) is 3.05. The molecule has 2 aromatic rings. The topological polar surface area (TPSA) is 94.2 Å². The van der Waals surface area contributed by atoms with Crippen LogP contribution in [0.5, 0.6) is 11.5 Å². The molecule has 1 aliphatic heterocycles. The second-order valence-corrected chi connectivity index (χ2v) is 7.26. The number of fused-ring (bicyclic) bond motifs is 1. The predicted octanol–water partition coefficient (Wildman–Crippen LogP) is 2.94. The summed E-state index contributed by atoms with van der Waals surface area (Å²) in [5.41, 5.74) is 2.61. The van der Waals surface area contributed by atoms with Gasteiger partial charge in [-0.3, -0.25) is 14.4 Å². The molecule has 32 heavy (non-hydrogen) atoms. The summed E-state index contributed by atoms with van der Waals surface area (Å²) >= 11 is 0. The van der Waals surface area contributed by atoms with Gasteiger partial charge in [0.05, 0.1) is 26.7 Å². The third-order valence-corrected chi connectivity index (χ3v) is 5.22. The van der Waals surface area contributed by atoms with Crippen molar-refractivity contribution in [3.05, 3.63) is 65.7 Å². The normalized spacial score (nSPS) is 13.4. The van der Waals surface area contributed by atoms with Gasteiger partial charge in [0.15, 0.2) is 6.61 Å². The van der Waals surface area contributed by atoms with Gasteiger partial charge in [0.1, 0.15) is 11.5 Å². The smallest absolute Gasteiger partial charge is 0.308 e. The van der Waals surface area contributed by atoms with E-state index < -0.39 is 24.5 Å². The van der Waals surface area contributed by atoms with Crippen LogP contribution in [0.15, 0.2) is 49.0 Å². The third kappa shape index (κ3) is 4.91. The first-order chi connectivity index (χ1) is 15.3. The van der Waals surface area contributed by atoms with Crippen LogP contribution in [0.4, 0.5) is 0 Å². The number of hydrogen-bond donors (Lipinski definition) is 1. The largest absolute Gasteiger partial charge is 0.497 e. The molecule has 1 unspecified atom stereocenters. The number of nitrogens with one attached hydrogen (secondary N) is 1. The lowest BCUT2D eigenvalue weighted by atomic mass is 10.1. The minimum atomic E-state index is -0.580. The highest BCUT2D eigenvalue weighted by Crippen LogP contribution is 2.31. The summed E-state index contributed by atoms with van der Waals surface area (Å²) < 4.78 is 15.6. The summed E-state index contributed by atoms with van der Waals surface area (Å²) in [4.78, 5) is 38.3. The van der Waals surface area contributed by atoms with Crippen molar-refractivity contribution in [3.63, 3.8) is 0 Å². The van der Waals surface area contributed by atoms with E-state index in [2.05, 4.69) is 11.9 Å². The molecular weight excluding hydrogens is 412 g/mol. The van der Waals surface area contributed by atoms with Gasteiger partial charge >= 0.3 is 5.97 Å². The molecule has 2 aromatic carbocycles. The zero-order chi connectivity index (χ0) is 23.3. The van der Waals surface area contributed by atoms with Gasteiger partial charge in [-0.05, 0) is 31.2 Å². The molecule has 168 valence electrons. The van der Waals surface area contributed by atoms with Crippen LogP contribution in [-0.2, 0) is 14.3 Å². The number of ether oxygens (including phenoxy) is 3. The Kier molecular flexibility index (Phi) is 7.14. The Labute approximate surface area is 186 Å². The van der Waals surface area contributed by atoms with E-state index in [4.69, 9.17) is 14.2 Å². The number of benzene rings is 2. The molecule has 0 spiro atoms. The van der Waals surface area contributed by atoms with Crippen LogP contribution in [0.2, 0.25) is 0 Å². The van der Waals surface area contributed by atoms with E-state index in [0.29, 0.717) is 22.8 Å². The van der Waals surface area contributed by atoms with Crippen LogP contribution in [-0.4, -0.2) is 50.1 Å². The van der Waals surface area contributed by atoms with Gasteiger partial charge in [-0.25, -0.2) is 0 Å². The number of methoxy groups -OCH3 is 2. The molecule has 3 rings (SSSR count). The van der Waals surface area contributed by atoms with Gasteiger partial charge in [-0.1, -0.05) is 24.8 Å². The van der Waals surface area contributed by atoms with Gasteiger partial charge < -0.3 is 24.4 Å². The first-order valence-corrected chi connectivity index (χ1v) is 10.1. The minimum absolute atomic E-state index is 0.0503. The quantitative estimate of drug-likeness (QED) is 0.605. The highest BCUT2D eigenvalue weighted by Gasteiger charge is 2.30. The van der Waals surface area contributed by atoms with Crippen molar-refractivity contribution in [2.45, 2.75) is 19.4 Å². The van der Waals surface area contributed by atoms with Crippen LogP contribution in [0.1, 0.15) is 40.9 Å². The lowest BCUT2D eigenvalue weighted by Crippen LogP contribution is -2.32. The molecule has 0 bridgehead atoms. The van der Waals surface area contributed by atoms with Gasteiger partial charge in [0, 0.05) is 28.9 Å². The molecule has 0 saturated heterocycles. The van der Waals surface area contributed by atoms with Gasteiger partial charge in [-0.2, -0.15) is 0 Å². The van der Waals surface area contributed by atoms with Crippen LogP contribution in [0.3, 0.4) is 0 Å². The summed E-state index contributed by atoms with van der Waals surface area (Å²) in [6.45, 7) is 5.43. The lowest BCUT2D eigenvalue weighted by Gasteiger charge is -2.19. The molecule has 8 heteroatoms. The van der Waals surface area contributed by atoms with Crippen LogP contribution in [0, 0.1) is 0 Å². The molecule has 0 fully saturated rings. The maximum Gasteiger partial charge on any atom is 0.308 e. The van der Waals surface area contributed by atoms with E-state index >= 15 is 0 Å². The number of carbonyl (C=O) groups excluding carboxylic acids is 3. The summed E-state index contributed by atoms with van der Waals surface area (Å²) in [6, 6.07) is 12.0. The lowest BCUT2D eigenvalue weighted by molar-refractivity contribution is -0.148. The first kappa shape index (κ1) is 22.9. The summed E-state index contributed by atoms with van der Waals surface area (Å²) in [5.74, 6) is 0.00550. The standard InChI is InChI=1S/C24H26N2O6/c1-15(20-13-17(30-3)9-10-21(20)31-4)25-22(27)14-32-23(28)11-12-26-16(2)18-7-5-6-8-19(18)24(26)29/h5-10,13,15H,2,11-12,14H2,1,3-4H3,(H,25,27). The highest BCUT2D eigenvalue weighted by molar-refractivity contribution is 6.08. The van der Waals surface area contributed by atoms with E-state index in [1.54, 1.807) is 51.5 Å². The Bertz CT molecular complexity index is 1010. The van der Waals surface area contributed by atoms with Crippen LogP contribution < -0.4 is 14.8 Å². The van der Waals surface area contributed by atoms with Crippen molar-refractivity contribution in [1.29, 1.82) is 0 Å². The molecular formula is C24H26N2O6. The van der Waals surface area contributed by atoms with Crippen molar-refractivity contribution < 1.29 is 28.6 Å². The zero-order valence-electron chi connectivity index (χ0n) is 18.3. The van der Waals surface area contributed by atoms with E-state index in [9.17, 15) is 14.4 Å². The Balaban J connectivity index is 1.48. The molecule has 0 saturated carbocycles. The van der Waals surface area contributed by atoms with Crippen LogP contribution >= 0.6 is 0 Å². The SMILES string of the molecule is C=C1c2ccccc2C(=O)N1CCC(=O)OCC(=O)NC(C)c1cc(OC)ccc1OC. The van der Waals surface area contributed by atoms with Gasteiger partial charge in [0.2, 0.25) is 0 Å². The van der Waals surface area contributed by atoms with Crippen LogP contribution in [0.25, 0.3) is 5.70 Å². The van der Waals surface area contributed by atoms with Crippen molar-refractivity contribution in [2.24, 2.45) is 0 Å². The highest BCUT2D eigenvalue weighted by atomic mass is 16.5. The van der Waals surface area contributed by atoms with Gasteiger partial charge in [-0.15, -0.1) is 0 Å². The Morgan fingerprint density at radius 2 is 1.81 bits per heavy atom. The minimum Gasteiger partial charge on any atom is -0.497 e. The molecule has 1 aliphatic rings. The monoisotopic (exact) mass is 438 g/mol. The third-order valence-electron chi connectivity index (χ3n) is 5.22. The van der Waals surface area contributed by atoms with E-state index in [-0.39, 0.29) is 18.9 Å². The molecule has 0 radical (unpaired) electrons. The average molecular weight is 438 g/mol. The molecule has 1 heterocycles. The van der Waals surface area contributed by atoms with Crippen molar-refractivity contribution >= 4 is 23.5 Å². The number of esters is 1. The fraction of sp³-hybridized carbons (Fsp3) is 0.292. The maximum atomic E-state index is 12.5. The van der Waals surface area contributed by atoms with E-state index in [1.807, 2.05) is 12.1 Å². The number of carbonyl (C=O) groups is 3. The Morgan fingerprint density at radius 3 is 2.47 bits per heavy atom. The molecule has 0 aromatic heterocycles. The van der Waals surface area contributed by atoms with Crippen molar-refractivity contribution in [2.75, 3.05) is 27.4 Å². The molecule has 0 aliphatic carbocycles. The van der Waals surface area contributed by atoms with E-state index in [1.165, 1.54) is 4.90 Å².